The van der Waals surface area contributed by atoms with Gasteiger partial charge in [0.1, 0.15) is 22.0 Å². The number of nitrogens with zero attached hydrogens (tertiary/aromatic N) is 3. The summed E-state index contributed by atoms with van der Waals surface area (Å²) in [5.41, 5.74) is 3.54. The molecule has 170 valence electrons. The van der Waals surface area contributed by atoms with Crippen molar-refractivity contribution in [1.82, 2.24) is 0 Å². The van der Waals surface area contributed by atoms with Gasteiger partial charge >= 0.3 is 0 Å². The molecule has 0 spiro atoms. The Morgan fingerprint density at radius 2 is 1.53 bits per heavy atom. The van der Waals surface area contributed by atoms with Crippen LogP contribution in [0, 0.1) is 10.1 Å². The van der Waals surface area contributed by atoms with Crippen LogP contribution in [0.2, 0.25) is 0 Å². The molecule has 0 saturated carbocycles. The van der Waals surface area contributed by atoms with Crippen LogP contribution in [0.5, 0.6) is 11.5 Å². The van der Waals surface area contributed by atoms with Gasteiger partial charge in [-0.1, -0.05) is 0 Å². The molecule has 34 heavy (non-hydrogen) atoms. The third kappa shape index (κ3) is 6.22. The van der Waals surface area contributed by atoms with E-state index in [1.807, 2.05) is 0 Å². The summed E-state index contributed by atoms with van der Waals surface area (Å²) in [5.74, 6) is -1.51. The Bertz CT molecular complexity index is 1540. The Morgan fingerprint density at radius 3 is 2.06 bits per heavy atom. The van der Waals surface area contributed by atoms with Crippen molar-refractivity contribution in [3.05, 3.63) is 46.5 Å². The van der Waals surface area contributed by atoms with Gasteiger partial charge in [-0.05, 0) is 29.7 Å². The number of fused-ring (bicyclic) bond motifs is 1. The molecule has 0 aliphatic carbocycles. The van der Waals surface area contributed by atoms with Gasteiger partial charge in [0.15, 0.2) is 5.75 Å². The zero-order chi connectivity index (χ0) is 24.0. The van der Waals surface area contributed by atoms with Gasteiger partial charge in [0.05, 0.1) is 9.82 Å². The van der Waals surface area contributed by atoms with E-state index >= 15 is 0 Å². The molecule has 0 saturated heterocycles. The number of nitrogens with two attached hydrogens (primary N) is 1. The number of hydrogen-bond acceptors (Lipinski definition) is 11. The van der Waals surface area contributed by atoms with Gasteiger partial charge < -0.3 is 15.9 Å². The second-order valence-electron chi connectivity index (χ2n) is 6.26. The predicted octanol–water partition coefficient (Wildman–Crippen LogP) is 1.89. The van der Waals surface area contributed by atoms with Gasteiger partial charge in [-0.15, -0.1) is 10.2 Å². The van der Waals surface area contributed by atoms with E-state index in [-0.39, 0.29) is 69.9 Å². The summed E-state index contributed by atoms with van der Waals surface area (Å²) in [4.78, 5) is 8.36. The number of azo groups is 1. The standard InChI is InChI=1S/C16H12N4O10S2.2Na/c17-10-6-9(31(25,26)27)3-7-4-13(32(28,29)30)15(16(22)14(7)10)19-18-11-5-8(20(23)24)1-2-12(11)21;;/h1-6,21-22H,17H2,(H,25,26,27)(H,28,29,30);;. The molecule has 0 aliphatic heterocycles. The first-order chi connectivity index (χ1) is 14.7. The van der Waals surface area contributed by atoms with Crippen LogP contribution < -0.4 is 5.73 Å². The maximum absolute atomic E-state index is 11.8. The van der Waals surface area contributed by atoms with Crippen LogP contribution in [0.1, 0.15) is 0 Å². The normalized spacial score (nSPS) is 11.7. The maximum Gasteiger partial charge on any atom is 0.296 e. The van der Waals surface area contributed by atoms with E-state index in [0.717, 1.165) is 36.4 Å². The van der Waals surface area contributed by atoms with Crippen molar-refractivity contribution >= 4 is 113 Å². The average molecular weight is 530 g/mol. The number of hydrogen-bond donors (Lipinski definition) is 5. The molecule has 0 fully saturated rings. The zero-order valence-electron chi connectivity index (χ0n) is 17.4. The topological polar surface area (TPSA) is 243 Å². The summed E-state index contributed by atoms with van der Waals surface area (Å²) < 4.78 is 65.2. The number of rotatable bonds is 5. The SMILES string of the molecule is Nc1cc(S(=O)(=O)O)cc2cc(S(=O)(=O)O)c(N=Nc3cc([N+](=O)[O-])ccc3O)c(O)c12.[Na].[Na]. The van der Waals surface area contributed by atoms with Crippen molar-refractivity contribution in [2.24, 2.45) is 10.2 Å². The van der Waals surface area contributed by atoms with Crippen LogP contribution >= 0.6 is 0 Å². The van der Waals surface area contributed by atoms with Crippen LogP contribution in [0.25, 0.3) is 10.8 Å². The summed E-state index contributed by atoms with van der Waals surface area (Å²) in [6, 6.07) is 5.03. The van der Waals surface area contributed by atoms with E-state index in [0.29, 0.717) is 0 Å². The van der Waals surface area contributed by atoms with Crippen LogP contribution in [-0.2, 0) is 20.2 Å². The fourth-order valence-electron chi connectivity index (χ4n) is 2.74. The van der Waals surface area contributed by atoms with Crippen molar-refractivity contribution in [2.75, 3.05) is 5.73 Å². The van der Waals surface area contributed by atoms with Crippen LogP contribution in [0.4, 0.5) is 22.7 Å². The summed E-state index contributed by atoms with van der Waals surface area (Å²) in [6.45, 7) is 0. The van der Waals surface area contributed by atoms with Crippen LogP contribution in [0.15, 0.2) is 56.4 Å². The van der Waals surface area contributed by atoms with Gasteiger partial charge in [-0.3, -0.25) is 19.2 Å². The molecule has 0 aromatic heterocycles. The number of nitro groups is 1. The van der Waals surface area contributed by atoms with Crippen molar-refractivity contribution in [3.63, 3.8) is 0 Å². The predicted molar refractivity (Wildman–Crippen MR) is 120 cm³/mol. The Balaban J connectivity index is 0.00000289. The largest absolute Gasteiger partial charge is 0.506 e. The number of non-ortho nitro benzene ring substituents is 1. The molecule has 18 heteroatoms. The third-order valence-corrected chi connectivity index (χ3v) is 5.86. The summed E-state index contributed by atoms with van der Waals surface area (Å²) in [7, 11) is -9.83. The minimum atomic E-state index is -5.08. The zero-order valence-corrected chi connectivity index (χ0v) is 23.1. The van der Waals surface area contributed by atoms with E-state index in [2.05, 4.69) is 10.2 Å². The molecule has 2 radical (unpaired) electrons. The Labute approximate surface area is 235 Å². The fraction of sp³-hybridized carbons (Fsp3) is 0. The number of phenolic OH excluding ortho intramolecular Hbond substituents is 2. The van der Waals surface area contributed by atoms with Crippen molar-refractivity contribution in [1.29, 1.82) is 0 Å². The van der Waals surface area contributed by atoms with Crippen LogP contribution in [0.3, 0.4) is 0 Å². The van der Waals surface area contributed by atoms with Crippen LogP contribution in [-0.4, -0.2) is 100 Å². The minimum absolute atomic E-state index is 0. The molecule has 0 heterocycles. The molecule has 0 unspecified atom stereocenters. The van der Waals surface area contributed by atoms with E-state index < -0.39 is 69.2 Å². The average Bonchev–Trinajstić information content (AvgIpc) is 2.66. The molecule has 3 aromatic rings. The maximum atomic E-state index is 11.8. The molecule has 14 nitrogen and oxygen atoms in total. The summed E-state index contributed by atoms with van der Waals surface area (Å²) in [6.07, 6.45) is 0. The molecule has 3 aromatic carbocycles. The Kier molecular flexibility index (Phi) is 9.60. The van der Waals surface area contributed by atoms with E-state index in [9.17, 15) is 46.3 Å². The third-order valence-electron chi connectivity index (χ3n) is 4.16. The van der Waals surface area contributed by atoms with E-state index in [1.165, 1.54) is 0 Å². The fourth-order valence-corrected chi connectivity index (χ4v) is 3.95. The first kappa shape index (κ1) is 30.2. The minimum Gasteiger partial charge on any atom is -0.506 e. The number of aromatic hydroxyl groups is 2. The van der Waals surface area contributed by atoms with Crippen molar-refractivity contribution < 1.29 is 41.1 Å². The quantitative estimate of drug-likeness (QED) is 0.0796. The second kappa shape index (κ2) is 10.8. The molecule has 0 amide bonds. The van der Waals surface area contributed by atoms with Gasteiger partial charge in [-0.2, -0.15) is 16.8 Å². The van der Waals surface area contributed by atoms with Gasteiger partial charge in [0, 0.05) is 82.3 Å². The van der Waals surface area contributed by atoms with Gasteiger partial charge in [0.25, 0.3) is 25.9 Å². The molecular weight excluding hydrogens is 518 g/mol. The molecule has 3 rings (SSSR count). The summed E-state index contributed by atoms with van der Waals surface area (Å²) >= 11 is 0. The first-order valence-electron chi connectivity index (χ1n) is 8.13. The van der Waals surface area contributed by atoms with E-state index in [4.69, 9.17) is 5.73 Å². The number of benzene rings is 3. The van der Waals surface area contributed by atoms with E-state index in [1.54, 1.807) is 0 Å². The van der Waals surface area contributed by atoms with Gasteiger partial charge in [-0.25, -0.2) is 0 Å². The smallest absolute Gasteiger partial charge is 0.296 e. The number of anilines is 1. The molecule has 6 N–H and O–H groups in total. The van der Waals surface area contributed by atoms with Crippen molar-refractivity contribution in [2.45, 2.75) is 9.79 Å². The number of nitrogen functional groups attached to an aromatic ring is 1. The number of phenols is 2. The van der Waals surface area contributed by atoms with Gasteiger partial charge in [0.2, 0.25) is 0 Å². The molecule has 0 bridgehead atoms. The molecular formula is C16H12N4Na2O10S2. The summed E-state index contributed by atoms with van der Waals surface area (Å²) in [5, 5.41) is 37.7. The molecule has 0 aliphatic rings. The Hall–Kier alpha value is -1.86. The number of nitro benzene ring substituents is 1. The van der Waals surface area contributed by atoms with Crippen molar-refractivity contribution in [3.8, 4) is 11.5 Å². The molecule has 0 atom stereocenters. The monoisotopic (exact) mass is 530 g/mol. The first-order valence-corrected chi connectivity index (χ1v) is 11.0. The Morgan fingerprint density at radius 1 is 0.912 bits per heavy atom. The second-order valence-corrected chi connectivity index (χ2v) is 9.07.